The van der Waals surface area contributed by atoms with Crippen LogP contribution in [0.5, 0.6) is 0 Å². The van der Waals surface area contributed by atoms with E-state index in [0.29, 0.717) is 28.6 Å². The number of rotatable bonds is 4. The van der Waals surface area contributed by atoms with Crippen molar-refractivity contribution in [2.24, 2.45) is 0 Å². The quantitative estimate of drug-likeness (QED) is 0.626. The Kier molecular flexibility index (Phi) is 5.42. The van der Waals surface area contributed by atoms with E-state index in [9.17, 15) is 8.42 Å². The van der Waals surface area contributed by atoms with Gasteiger partial charge in [-0.15, -0.1) is 0 Å². The molecule has 0 atom stereocenters. The van der Waals surface area contributed by atoms with E-state index in [1.165, 1.54) is 5.56 Å². The summed E-state index contributed by atoms with van der Waals surface area (Å²) in [5.74, 6) is 0.656. The zero-order valence-corrected chi connectivity index (χ0v) is 18.2. The fraction of sp³-hybridized carbons (Fsp3) is 0.333. The third kappa shape index (κ3) is 3.80. The lowest BCUT2D eigenvalue weighted by Crippen LogP contribution is -2.35. The first-order chi connectivity index (χ1) is 13.9. The fourth-order valence-corrected chi connectivity index (χ4v) is 5.55. The molecule has 6 nitrogen and oxygen atoms in total. The second-order valence-corrected chi connectivity index (χ2v) is 9.79. The lowest BCUT2D eigenvalue weighted by atomic mass is 10.1. The van der Waals surface area contributed by atoms with Crippen molar-refractivity contribution >= 4 is 22.2 Å². The zero-order valence-electron chi connectivity index (χ0n) is 16.6. The summed E-state index contributed by atoms with van der Waals surface area (Å²) in [4.78, 5) is 0.315. The summed E-state index contributed by atoms with van der Waals surface area (Å²) in [6.45, 7) is 5.27. The van der Waals surface area contributed by atoms with Gasteiger partial charge in [0.05, 0.1) is 10.6 Å². The first-order valence-corrected chi connectivity index (χ1v) is 11.6. The average Bonchev–Trinajstić information content (AvgIpc) is 3.10. The maximum absolute atomic E-state index is 12.9. The van der Waals surface area contributed by atoms with Gasteiger partial charge in [-0.2, -0.15) is 9.40 Å². The van der Waals surface area contributed by atoms with Crippen LogP contribution >= 0.6 is 12.2 Å². The minimum Gasteiger partial charge on any atom is -0.268 e. The molecule has 1 aliphatic rings. The Morgan fingerprint density at radius 3 is 2.34 bits per heavy atom. The molecular formula is C21H24N4O2S2. The van der Waals surface area contributed by atoms with E-state index < -0.39 is 10.0 Å². The number of aromatic nitrogens is 3. The highest BCUT2D eigenvalue weighted by atomic mass is 32.2. The van der Waals surface area contributed by atoms with Crippen LogP contribution < -0.4 is 0 Å². The maximum atomic E-state index is 12.9. The van der Waals surface area contributed by atoms with Gasteiger partial charge >= 0.3 is 0 Å². The van der Waals surface area contributed by atoms with Crippen molar-refractivity contribution in [3.05, 3.63) is 58.4 Å². The lowest BCUT2D eigenvalue weighted by Gasteiger charge is -2.25. The molecular weight excluding hydrogens is 404 g/mol. The van der Waals surface area contributed by atoms with Crippen molar-refractivity contribution < 1.29 is 8.42 Å². The fourth-order valence-electron chi connectivity index (χ4n) is 3.80. The summed E-state index contributed by atoms with van der Waals surface area (Å²) in [7, 11) is -3.45. The largest absolute Gasteiger partial charge is 0.268 e. The molecule has 29 heavy (non-hydrogen) atoms. The molecule has 1 N–H and O–H groups in total. The molecule has 3 aromatic rings. The predicted octanol–water partition coefficient (Wildman–Crippen LogP) is 4.39. The van der Waals surface area contributed by atoms with Gasteiger partial charge in [-0.1, -0.05) is 24.1 Å². The number of hydrogen-bond donors (Lipinski definition) is 1. The minimum absolute atomic E-state index is 0.315. The van der Waals surface area contributed by atoms with Gasteiger partial charge in [-0.05, 0) is 74.8 Å². The van der Waals surface area contributed by atoms with Crippen LogP contribution in [0.25, 0.3) is 17.1 Å². The Labute approximate surface area is 176 Å². The second kappa shape index (κ2) is 7.85. The topological polar surface area (TPSA) is 71.0 Å². The molecule has 0 saturated carbocycles. The molecule has 0 bridgehead atoms. The number of nitrogens with one attached hydrogen (secondary N) is 1. The Bertz CT molecular complexity index is 1190. The SMILES string of the molecule is Cc1ccc(-n2c(-c3ccc(S(=O)(=O)N4CCCCC4)cc3)n[nH]c2=S)c(C)c1. The smallest absolute Gasteiger partial charge is 0.243 e. The van der Waals surface area contributed by atoms with Crippen molar-refractivity contribution in [2.75, 3.05) is 13.1 Å². The number of nitrogens with zero attached hydrogens (tertiary/aromatic N) is 3. The monoisotopic (exact) mass is 428 g/mol. The molecule has 0 unspecified atom stereocenters. The van der Waals surface area contributed by atoms with Crippen LogP contribution in [0.1, 0.15) is 30.4 Å². The standard InChI is InChI=1S/C21H24N4O2S2/c1-15-6-11-19(16(2)14-15)25-20(22-23-21(25)28)17-7-9-18(10-8-17)29(26,27)24-12-4-3-5-13-24/h6-11,14H,3-5,12-13H2,1-2H3,(H,23,28). The molecule has 1 saturated heterocycles. The van der Waals surface area contributed by atoms with Crippen LogP contribution in [0.4, 0.5) is 0 Å². The summed E-state index contributed by atoms with van der Waals surface area (Å²) in [6, 6.07) is 13.1. The number of aryl methyl sites for hydroxylation is 2. The molecule has 2 aromatic carbocycles. The lowest BCUT2D eigenvalue weighted by molar-refractivity contribution is 0.346. The maximum Gasteiger partial charge on any atom is 0.243 e. The van der Waals surface area contributed by atoms with Crippen molar-refractivity contribution in [1.82, 2.24) is 19.1 Å². The average molecular weight is 429 g/mol. The van der Waals surface area contributed by atoms with Gasteiger partial charge in [0.1, 0.15) is 0 Å². The number of hydrogen-bond acceptors (Lipinski definition) is 4. The third-order valence-electron chi connectivity index (χ3n) is 5.33. The van der Waals surface area contributed by atoms with Gasteiger partial charge in [-0.3, -0.25) is 9.67 Å². The number of sulfonamides is 1. The highest BCUT2D eigenvalue weighted by Crippen LogP contribution is 2.27. The highest BCUT2D eigenvalue weighted by Gasteiger charge is 2.26. The summed E-state index contributed by atoms with van der Waals surface area (Å²) in [5.41, 5.74) is 4.02. The van der Waals surface area contributed by atoms with Gasteiger partial charge < -0.3 is 0 Å². The molecule has 1 aromatic heterocycles. The molecule has 2 heterocycles. The van der Waals surface area contributed by atoms with Gasteiger partial charge in [0, 0.05) is 18.7 Å². The van der Waals surface area contributed by atoms with E-state index in [-0.39, 0.29) is 0 Å². The van der Waals surface area contributed by atoms with E-state index in [4.69, 9.17) is 12.2 Å². The summed E-state index contributed by atoms with van der Waals surface area (Å²) < 4.78 is 29.7. The molecule has 1 fully saturated rings. The molecule has 1 aliphatic heterocycles. The number of piperidine rings is 1. The van der Waals surface area contributed by atoms with Crippen molar-refractivity contribution in [3.8, 4) is 17.1 Å². The van der Waals surface area contributed by atoms with E-state index in [1.54, 1.807) is 28.6 Å². The van der Waals surface area contributed by atoms with E-state index >= 15 is 0 Å². The highest BCUT2D eigenvalue weighted by molar-refractivity contribution is 7.89. The predicted molar refractivity (Wildman–Crippen MR) is 116 cm³/mol. The van der Waals surface area contributed by atoms with Crippen LogP contribution in [0, 0.1) is 18.6 Å². The minimum atomic E-state index is -3.45. The summed E-state index contributed by atoms with van der Waals surface area (Å²) >= 11 is 5.46. The summed E-state index contributed by atoms with van der Waals surface area (Å²) in [5, 5.41) is 7.26. The molecule has 0 spiro atoms. The second-order valence-electron chi connectivity index (χ2n) is 7.47. The first kappa shape index (κ1) is 20.0. The number of benzene rings is 2. The first-order valence-electron chi connectivity index (χ1n) is 9.73. The molecule has 0 aliphatic carbocycles. The Balaban J connectivity index is 1.71. The van der Waals surface area contributed by atoms with Crippen molar-refractivity contribution in [3.63, 3.8) is 0 Å². The molecule has 152 valence electrons. The van der Waals surface area contributed by atoms with Crippen molar-refractivity contribution in [2.45, 2.75) is 38.0 Å². The van der Waals surface area contributed by atoms with Gasteiger partial charge in [-0.25, -0.2) is 8.42 Å². The Hall–Kier alpha value is -2.29. The molecule has 0 amide bonds. The summed E-state index contributed by atoms with van der Waals surface area (Å²) in [6.07, 6.45) is 2.93. The Morgan fingerprint density at radius 2 is 1.69 bits per heavy atom. The number of aromatic amines is 1. The van der Waals surface area contributed by atoms with E-state index in [2.05, 4.69) is 16.3 Å². The molecule has 8 heteroatoms. The van der Waals surface area contributed by atoms with Crippen LogP contribution in [-0.2, 0) is 10.0 Å². The molecule has 4 rings (SSSR count). The molecule has 0 radical (unpaired) electrons. The number of H-pyrrole nitrogens is 1. The van der Waals surface area contributed by atoms with Crippen molar-refractivity contribution in [1.29, 1.82) is 0 Å². The van der Waals surface area contributed by atoms with E-state index in [0.717, 1.165) is 36.1 Å². The van der Waals surface area contributed by atoms with Crippen LogP contribution in [0.2, 0.25) is 0 Å². The Morgan fingerprint density at radius 1 is 1.00 bits per heavy atom. The van der Waals surface area contributed by atoms with Crippen LogP contribution in [0.3, 0.4) is 0 Å². The normalized spacial score (nSPS) is 15.5. The van der Waals surface area contributed by atoms with Crippen LogP contribution in [0.15, 0.2) is 47.4 Å². The van der Waals surface area contributed by atoms with E-state index in [1.807, 2.05) is 30.5 Å². The zero-order chi connectivity index (χ0) is 20.6. The van der Waals surface area contributed by atoms with Gasteiger partial charge in [0.15, 0.2) is 10.6 Å². The van der Waals surface area contributed by atoms with Crippen LogP contribution in [-0.4, -0.2) is 40.6 Å². The van der Waals surface area contributed by atoms with Gasteiger partial charge in [0.2, 0.25) is 10.0 Å². The third-order valence-corrected chi connectivity index (χ3v) is 7.52. The van der Waals surface area contributed by atoms with Gasteiger partial charge in [0.25, 0.3) is 0 Å².